The largest absolute Gasteiger partial charge is 0.493 e. The highest BCUT2D eigenvalue weighted by Gasteiger charge is 2.25. The van der Waals surface area contributed by atoms with Gasteiger partial charge in [-0.15, -0.1) is 0 Å². The molecule has 1 aliphatic rings. The van der Waals surface area contributed by atoms with Crippen molar-refractivity contribution >= 4 is 10.0 Å². The normalized spacial score (nSPS) is 16.4. The maximum Gasteiger partial charge on any atom is 0.240 e. The van der Waals surface area contributed by atoms with Gasteiger partial charge in [-0.1, -0.05) is 12.1 Å². The second-order valence-electron chi connectivity index (χ2n) is 6.58. The van der Waals surface area contributed by atoms with E-state index in [-0.39, 0.29) is 23.3 Å². The van der Waals surface area contributed by atoms with E-state index in [1.165, 1.54) is 38.5 Å². The van der Waals surface area contributed by atoms with Crippen LogP contribution in [0.3, 0.4) is 0 Å². The van der Waals surface area contributed by atoms with Crippen molar-refractivity contribution in [2.75, 3.05) is 47.1 Å². The molecule has 158 valence electrons. The summed E-state index contributed by atoms with van der Waals surface area (Å²) in [5.74, 6) is 0.447. The van der Waals surface area contributed by atoms with Crippen molar-refractivity contribution in [3.63, 3.8) is 0 Å². The molecule has 1 fully saturated rings. The first-order valence-corrected chi connectivity index (χ1v) is 10.7. The van der Waals surface area contributed by atoms with E-state index in [1.807, 2.05) is 0 Å². The Kier molecular flexibility index (Phi) is 7.07. The number of sulfonamides is 1. The van der Waals surface area contributed by atoms with Crippen LogP contribution in [0.5, 0.6) is 11.5 Å². The highest BCUT2D eigenvalue weighted by Crippen LogP contribution is 2.29. The molecule has 1 aliphatic heterocycles. The summed E-state index contributed by atoms with van der Waals surface area (Å²) < 4.78 is 57.5. The van der Waals surface area contributed by atoms with Crippen LogP contribution in [-0.4, -0.2) is 60.4 Å². The van der Waals surface area contributed by atoms with Gasteiger partial charge in [0, 0.05) is 31.7 Å². The highest BCUT2D eigenvalue weighted by molar-refractivity contribution is 7.89. The van der Waals surface area contributed by atoms with E-state index in [0.717, 1.165) is 5.56 Å². The molecule has 1 N–H and O–H groups in total. The van der Waals surface area contributed by atoms with Crippen LogP contribution in [0.2, 0.25) is 0 Å². The van der Waals surface area contributed by atoms with Crippen LogP contribution in [0.1, 0.15) is 11.6 Å². The number of ether oxygens (including phenoxy) is 3. The molecule has 0 spiro atoms. The average molecular weight is 424 g/mol. The zero-order valence-corrected chi connectivity index (χ0v) is 17.2. The van der Waals surface area contributed by atoms with Crippen LogP contribution in [-0.2, 0) is 14.8 Å². The third-order valence-corrected chi connectivity index (χ3v) is 6.29. The van der Waals surface area contributed by atoms with Crippen molar-refractivity contribution in [1.29, 1.82) is 0 Å². The average Bonchev–Trinajstić information content (AvgIpc) is 2.75. The quantitative estimate of drug-likeness (QED) is 0.700. The predicted octanol–water partition coefficient (Wildman–Crippen LogP) is 2.19. The van der Waals surface area contributed by atoms with Gasteiger partial charge in [0.1, 0.15) is 5.82 Å². The van der Waals surface area contributed by atoms with Crippen LogP contribution in [0.15, 0.2) is 47.4 Å². The van der Waals surface area contributed by atoms with Crippen LogP contribution >= 0.6 is 0 Å². The molecule has 7 nitrogen and oxygen atoms in total. The zero-order chi connectivity index (χ0) is 20.9. The van der Waals surface area contributed by atoms with Gasteiger partial charge in [0.2, 0.25) is 10.0 Å². The third kappa shape index (κ3) is 5.24. The smallest absolute Gasteiger partial charge is 0.240 e. The number of hydrogen-bond donors (Lipinski definition) is 1. The van der Waals surface area contributed by atoms with Crippen LogP contribution < -0.4 is 14.2 Å². The van der Waals surface area contributed by atoms with Crippen molar-refractivity contribution < 1.29 is 27.0 Å². The molecule has 0 amide bonds. The number of hydrogen-bond acceptors (Lipinski definition) is 6. The van der Waals surface area contributed by atoms with E-state index in [4.69, 9.17) is 14.2 Å². The molecule has 2 aromatic carbocycles. The first-order valence-electron chi connectivity index (χ1n) is 9.23. The Morgan fingerprint density at radius 3 is 2.34 bits per heavy atom. The lowest BCUT2D eigenvalue weighted by atomic mass is 10.0. The fourth-order valence-corrected chi connectivity index (χ4v) is 4.34. The summed E-state index contributed by atoms with van der Waals surface area (Å²) in [6.45, 7) is 2.61. The summed E-state index contributed by atoms with van der Waals surface area (Å²) in [6, 6.07) is 10.3. The first-order chi connectivity index (χ1) is 13.9. The first kappa shape index (κ1) is 21.5. The number of methoxy groups -OCH3 is 2. The Morgan fingerprint density at radius 2 is 1.72 bits per heavy atom. The molecular formula is C20H25FN2O5S. The summed E-state index contributed by atoms with van der Waals surface area (Å²) in [4.78, 5) is 2.21. The SMILES string of the molecule is COc1ccc(S(=O)(=O)NC[C@@H](c2ccc(F)cc2)N2CCOCC2)cc1OC. The second kappa shape index (κ2) is 9.53. The minimum absolute atomic E-state index is 0.0787. The van der Waals surface area contributed by atoms with Crippen LogP contribution in [0.4, 0.5) is 4.39 Å². The maximum absolute atomic E-state index is 13.4. The standard InChI is InChI=1S/C20H25FN2O5S/c1-26-19-8-7-17(13-20(19)27-2)29(24,25)22-14-18(23-9-11-28-12-10-23)15-3-5-16(21)6-4-15/h3-8,13,18,22H,9-12,14H2,1-2H3/t18-/m0/s1. The van der Waals surface area contributed by atoms with Gasteiger partial charge in [0.05, 0.1) is 32.3 Å². The lowest BCUT2D eigenvalue weighted by Gasteiger charge is -2.34. The number of rotatable bonds is 8. The molecule has 0 radical (unpaired) electrons. The van der Waals surface area contributed by atoms with E-state index in [1.54, 1.807) is 18.2 Å². The number of halogens is 1. The van der Waals surface area contributed by atoms with Gasteiger partial charge < -0.3 is 14.2 Å². The summed E-state index contributed by atoms with van der Waals surface area (Å²) in [7, 11) is -0.850. The van der Waals surface area contributed by atoms with E-state index < -0.39 is 10.0 Å². The van der Waals surface area contributed by atoms with Gasteiger partial charge in [0.15, 0.2) is 11.5 Å². The van der Waals surface area contributed by atoms with E-state index in [0.29, 0.717) is 37.8 Å². The Bertz CT molecular complexity index is 915. The van der Waals surface area contributed by atoms with Crippen molar-refractivity contribution in [2.24, 2.45) is 0 Å². The van der Waals surface area contributed by atoms with Gasteiger partial charge in [-0.05, 0) is 29.8 Å². The lowest BCUT2D eigenvalue weighted by molar-refractivity contribution is 0.0172. The van der Waals surface area contributed by atoms with Gasteiger partial charge >= 0.3 is 0 Å². The van der Waals surface area contributed by atoms with E-state index >= 15 is 0 Å². The Hall–Kier alpha value is -2.20. The summed E-state index contributed by atoms with van der Waals surface area (Å²) >= 11 is 0. The van der Waals surface area contributed by atoms with Gasteiger partial charge in [-0.3, -0.25) is 4.90 Å². The van der Waals surface area contributed by atoms with Crippen LogP contribution in [0, 0.1) is 5.82 Å². The summed E-state index contributed by atoms with van der Waals surface area (Å²) in [5.41, 5.74) is 0.836. The molecule has 0 unspecified atom stereocenters. The molecule has 29 heavy (non-hydrogen) atoms. The van der Waals surface area contributed by atoms with E-state index in [2.05, 4.69) is 9.62 Å². The maximum atomic E-state index is 13.4. The molecule has 1 atom stereocenters. The molecule has 1 saturated heterocycles. The molecule has 2 aromatic rings. The molecule has 1 heterocycles. The zero-order valence-electron chi connectivity index (χ0n) is 16.4. The Balaban J connectivity index is 1.81. The van der Waals surface area contributed by atoms with Crippen molar-refractivity contribution in [3.8, 4) is 11.5 Å². The topological polar surface area (TPSA) is 77.1 Å². The highest BCUT2D eigenvalue weighted by atomic mass is 32.2. The van der Waals surface area contributed by atoms with Crippen molar-refractivity contribution in [3.05, 3.63) is 53.8 Å². The van der Waals surface area contributed by atoms with Gasteiger partial charge in [-0.2, -0.15) is 0 Å². The predicted molar refractivity (Wildman–Crippen MR) is 106 cm³/mol. The minimum Gasteiger partial charge on any atom is -0.493 e. The molecular weight excluding hydrogens is 399 g/mol. The molecule has 0 aliphatic carbocycles. The summed E-state index contributed by atoms with van der Waals surface area (Å²) in [5, 5.41) is 0. The Morgan fingerprint density at radius 1 is 1.07 bits per heavy atom. The van der Waals surface area contributed by atoms with E-state index in [9.17, 15) is 12.8 Å². The number of morpholine rings is 1. The number of benzene rings is 2. The van der Waals surface area contributed by atoms with Crippen LogP contribution in [0.25, 0.3) is 0 Å². The van der Waals surface area contributed by atoms with Gasteiger partial charge in [0.25, 0.3) is 0 Å². The monoisotopic (exact) mass is 424 g/mol. The molecule has 0 saturated carbocycles. The van der Waals surface area contributed by atoms with Crippen molar-refractivity contribution in [2.45, 2.75) is 10.9 Å². The fourth-order valence-electron chi connectivity index (χ4n) is 3.29. The second-order valence-corrected chi connectivity index (χ2v) is 8.35. The number of nitrogens with one attached hydrogen (secondary N) is 1. The minimum atomic E-state index is -3.79. The van der Waals surface area contributed by atoms with Crippen molar-refractivity contribution in [1.82, 2.24) is 9.62 Å². The Labute approximate surface area is 170 Å². The molecule has 0 aromatic heterocycles. The lowest BCUT2D eigenvalue weighted by Crippen LogP contribution is -2.43. The molecule has 3 rings (SSSR count). The fraction of sp³-hybridized carbons (Fsp3) is 0.400. The van der Waals surface area contributed by atoms with Gasteiger partial charge in [-0.25, -0.2) is 17.5 Å². The third-order valence-electron chi connectivity index (χ3n) is 4.87. The number of nitrogens with zero attached hydrogens (tertiary/aromatic N) is 1. The molecule has 0 bridgehead atoms. The molecule has 9 heteroatoms. The summed E-state index contributed by atoms with van der Waals surface area (Å²) in [6.07, 6.45) is 0.